The quantitative estimate of drug-likeness (QED) is 0.827. The number of carbonyl (C=O) groups excluding carboxylic acids is 2. The number of rotatable bonds is 6. The largest absolute Gasteiger partial charge is 0.460 e. The molecule has 0 atom stereocenters. The highest BCUT2D eigenvalue weighted by molar-refractivity contribution is 5.93. The number of esters is 1. The minimum atomic E-state index is -0.507. The first-order chi connectivity index (χ1) is 10.3. The van der Waals surface area contributed by atoms with Gasteiger partial charge in [0.1, 0.15) is 13.2 Å². The van der Waals surface area contributed by atoms with Crippen LogP contribution in [0.15, 0.2) is 59.2 Å². The van der Waals surface area contributed by atoms with Gasteiger partial charge in [-0.05, 0) is 23.8 Å². The Hall–Kier alpha value is -2.82. The summed E-state index contributed by atoms with van der Waals surface area (Å²) in [5, 5.41) is 2.41. The Morgan fingerprint density at radius 3 is 2.67 bits per heavy atom. The van der Waals surface area contributed by atoms with Crippen molar-refractivity contribution in [2.45, 2.75) is 0 Å². The molecule has 1 heterocycles. The molecule has 2 aromatic rings. The maximum atomic E-state index is 11.5. The van der Waals surface area contributed by atoms with E-state index in [0.717, 1.165) is 5.56 Å². The Morgan fingerprint density at radius 1 is 1.14 bits per heavy atom. The van der Waals surface area contributed by atoms with Crippen molar-refractivity contribution in [3.8, 4) is 0 Å². The number of carbonyl (C=O) groups is 2. The molecule has 2 rings (SSSR count). The molecule has 1 aromatic heterocycles. The summed E-state index contributed by atoms with van der Waals surface area (Å²) in [6.07, 6.45) is 4.98. The fraction of sp³-hybridized carbons (Fsp3) is 0.125. The van der Waals surface area contributed by atoms with Crippen LogP contribution in [0.3, 0.4) is 0 Å². The van der Waals surface area contributed by atoms with Crippen LogP contribution in [-0.4, -0.2) is 25.0 Å². The molecule has 0 aliphatic rings. The van der Waals surface area contributed by atoms with E-state index in [4.69, 9.17) is 9.15 Å². The second kappa shape index (κ2) is 7.69. The molecule has 0 unspecified atom stereocenters. The highest BCUT2D eigenvalue weighted by Crippen LogP contribution is 2.01. The molecule has 0 aliphatic heterocycles. The molecular formula is C16H15NO4. The van der Waals surface area contributed by atoms with Gasteiger partial charge in [-0.3, -0.25) is 9.59 Å². The van der Waals surface area contributed by atoms with Crippen molar-refractivity contribution in [3.63, 3.8) is 0 Å². The van der Waals surface area contributed by atoms with Crippen molar-refractivity contribution >= 4 is 18.0 Å². The lowest BCUT2D eigenvalue weighted by atomic mass is 10.2. The monoisotopic (exact) mass is 285 g/mol. The second-order valence-electron chi connectivity index (χ2n) is 4.16. The molecule has 5 nitrogen and oxygen atoms in total. The number of ether oxygens (including phenoxy) is 1. The van der Waals surface area contributed by atoms with Crippen molar-refractivity contribution in [3.05, 3.63) is 66.1 Å². The first-order valence-corrected chi connectivity index (χ1v) is 6.44. The van der Waals surface area contributed by atoms with Crippen molar-refractivity contribution < 1.29 is 18.7 Å². The fourth-order valence-electron chi connectivity index (χ4n) is 1.59. The lowest BCUT2D eigenvalue weighted by molar-refractivity contribution is -0.141. The molecule has 1 amide bonds. The highest BCUT2D eigenvalue weighted by Gasteiger charge is 2.10. The third kappa shape index (κ3) is 4.99. The zero-order valence-electron chi connectivity index (χ0n) is 11.3. The molecule has 5 heteroatoms. The molecule has 0 fully saturated rings. The highest BCUT2D eigenvalue weighted by atomic mass is 16.5. The first-order valence-electron chi connectivity index (χ1n) is 6.44. The molecule has 1 aromatic carbocycles. The number of furan rings is 1. The summed E-state index contributed by atoms with van der Waals surface area (Å²) in [6, 6.07) is 12.8. The van der Waals surface area contributed by atoms with Gasteiger partial charge < -0.3 is 14.5 Å². The van der Waals surface area contributed by atoms with Gasteiger partial charge >= 0.3 is 5.97 Å². The van der Waals surface area contributed by atoms with Gasteiger partial charge in [-0.25, -0.2) is 0 Å². The Kier molecular flexibility index (Phi) is 5.34. The van der Waals surface area contributed by atoms with Gasteiger partial charge in [-0.1, -0.05) is 36.4 Å². The molecule has 1 N–H and O–H groups in total. The number of benzene rings is 1. The molecule has 108 valence electrons. The SMILES string of the molecule is O=C(CNC(=O)c1ccco1)OC/C=C/c1ccccc1. The Morgan fingerprint density at radius 2 is 1.95 bits per heavy atom. The average molecular weight is 285 g/mol. The van der Waals surface area contributed by atoms with E-state index < -0.39 is 11.9 Å². The maximum Gasteiger partial charge on any atom is 0.325 e. The van der Waals surface area contributed by atoms with Crippen LogP contribution in [0.4, 0.5) is 0 Å². The van der Waals surface area contributed by atoms with Gasteiger partial charge in [-0.15, -0.1) is 0 Å². The van der Waals surface area contributed by atoms with E-state index in [1.54, 1.807) is 12.1 Å². The Bertz CT molecular complexity index is 602. The van der Waals surface area contributed by atoms with E-state index >= 15 is 0 Å². The van der Waals surface area contributed by atoms with Crippen LogP contribution in [0.5, 0.6) is 0 Å². The van der Waals surface area contributed by atoms with E-state index in [2.05, 4.69) is 5.32 Å². The first kappa shape index (κ1) is 14.6. The Labute approximate surface area is 122 Å². The third-order valence-corrected chi connectivity index (χ3v) is 2.59. The summed E-state index contributed by atoms with van der Waals surface area (Å²) in [6.45, 7) is -0.0386. The average Bonchev–Trinajstić information content (AvgIpc) is 3.05. The zero-order chi connectivity index (χ0) is 14.9. The van der Waals surface area contributed by atoms with E-state index in [1.807, 2.05) is 36.4 Å². The van der Waals surface area contributed by atoms with Crippen LogP contribution >= 0.6 is 0 Å². The number of hydrogen-bond donors (Lipinski definition) is 1. The fourth-order valence-corrected chi connectivity index (χ4v) is 1.59. The molecule has 0 bridgehead atoms. The van der Waals surface area contributed by atoms with Gasteiger partial charge in [0, 0.05) is 0 Å². The van der Waals surface area contributed by atoms with Crippen molar-refractivity contribution in [1.82, 2.24) is 5.32 Å². The normalized spacial score (nSPS) is 10.5. The molecule has 0 aliphatic carbocycles. The van der Waals surface area contributed by atoms with Crippen molar-refractivity contribution in [1.29, 1.82) is 0 Å². The van der Waals surface area contributed by atoms with Crippen molar-refractivity contribution in [2.24, 2.45) is 0 Å². The van der Waals surface area contributed by atoms with Gasteiger partial charge in [-0.2, -0.15) is 0 Å². The number of nitrogens with one attached hydrogen (secondary N) is 1. The lowest BCUT2D eigenvalue weighted by Crippen LogP contribution is -2.30. The summed E-state index contributed by atoms with van der Waals surface area (Å²) in [4.78, 5) is 22.9. The molecule has 0 saturated carbocycles. The minimum Gasteiger partial charge on any atom is -0.460 e. The number of hydrogen-bond acceptors (Lipinski definition) is 4. The Balaban J connectivity index is 1.66. The summed E-state index contributed by atoms with van der Waals surface area (Å²) in [5.74, 6) is -0.795. The minimum absolute atomic E-state index is 0.157. The van der Waals surface area contributed by atoms with Gasteiger partial charge in [0.2, 0.25) is 0 Å². The standard InChI is InChI=1S/C16H15NO4/c18-15(12-17-16(19)14-9-5-10-20-14)21-11-4-8-13-6-2-1-3-7-13/h1-10H,11-12H2,(H,17,19)/b8-4+. The number of amides is 1. The predicted molar refractivity (Wildman–Crippen MR) is 77.5 cm³/mol. The van der Waals surface area contributed by atoms with E-state index in [0.29, 0.717) is 0 Å². The summed E-state index contributed by atoms with van der Waals surface area (Å²) in [7, 11) is 0. The predicted octanol–water partition coefficient (Wildman–Crippen LogP) is 2.27. The molecule has 0 radical (unpaired) electrons. The molecule has 0 spiro atoms. The molecular weight excluding hydrogens is 270 g/mol. The van der Waals surface area contributed by atoms with Crippen molar-refractivity contribution in [2.75, 3.05) is 13.2 Å². The van der Waals surface area contributed by atoms with Crippen LogP contribution in [-0.2, 0) is 9.53 Å². The van der Waals surface area contributed by atoms with Gasteiger partial charge in [0.15, 0.2) is 5.76 Å². The van der Waals surface area contributed by atoms with E-state index in [1.165, 1.54) is 12.3 Å². The summed E-state index contributed by atoms with van der Waals surface area (Å²) < 4.78 is 9.86. The molecule has 21 heavy (non-hydrogen) atoms. The zero-order valence-corrected chi connectivity index (χ0v) is 11.3. The third-order valence-electron chi connectivity index (χ3n) is 2.59. The summed E-state index contributed by atoms with van der Waals surface area (Å²) in [5.41, 5.74) is 1.03. The van der Waals surface area contributed by atoms with Crippen LogP contribution in [0.1, 0.15) is 16.1 Å². The van der Waals surface area contributed by atoms with Crippen LogP contribution in [0.2, 0.25) is 0 Å². The van der Waals surface area contributed by atoms with Gasteiger partial charge in [0.25, 0.3) is 5.91 Å². The maximum absolute atomic E-state index is 11.5. The molecule has 0 saturated heterocycles. The van der Waals surface area contributed by atoms with Gasteiger partial charge in [0.05, 0.1) is 6.26 Å². The van der Waals surface area contributed by atoms with E-state index in [-0.39, 0.29) is 18.9 Å². The summed E-state index contributed by atoms with van der Waals surface area (Å²) >= 11 is 0. The van der Waals surface area contributed by atoms with Crippen LogP contribution in [0.25, 0.3) is 6.08 Å². The van der Waals surface area contributed by atoms with Crippen LogP contribution in [0, 0.1) is 0 Å². The van der Waals surface area contributed by atoms with Crippen LogP contribution < -0.4 is 5.32 Å². The lowest BCUT2D eigenvalue weighted by Gasteiger charge is -2.03. The van der Waals surface area contributed by atoms with E-state index in [9.17, 15) is 9.59 Å². The smallest absolute Gasteiger partial charge is 0.325 e. The topological polar surface area (TPSA) is 68.5 Å². The second-order valence-corrected chi connectivity index (χ2v) is 4.16.